The van der Waals surface area contributed by atoms with E-state index in [4.69, 9.17) is 10.5 Å². The third-order valence-corrected chi connectivity index (χ3v) is 4.59. The number of benzene rings is 1. The Labute approximate surface area is 208 Å². The van der Waals surface area contributed by atoms with Crippen LogP contribution in [0.15, 0.2) is 35.4 Å². The molecule has 0 amide bonds. The van der Waals surface area contributed by atoms with Crippen LogP contribution in [0, 0.1) is 5.92 Å². The van der Waals surface area contributed by atoms with Crippen molar-refractivity contribution in [3.05, 3.63) is 41.0 Å². The van der Waals surface area contributed by atoms with Crippen molar-refractivity contribution < 1.29 is 88.8 Å². The molecule has 1 aliphatic carbocycles. The maximum atomic E-state index is 11.6. The molecule has 0 bridgehead atoms. The number of aliphatic hydroxyl groups is 1. The third-order valence-electron chi connectivity index (χ3n) is 4.59. The summed E-state index contributed by atoms with van der Waals surface area (Å²) in [6.07, 6.45) is 1.15. The van der Waals surface area contributed by atoms with Crippen molar-refractivity contribution in [3.63, 3.8) is 0 Å². The predicted molar refractivity (Wildman–Crippen MR) is 89.7 cm³/mol. The minimum atomic E-state index is -1.52. The minimum absolute atomic E-state index is 0. The molecule has 0 aliphatic heterocycles. The van der Waals surface area contributed by atoms with Gasteiger partial charge in [0, 0.05) is 6.54 Å². The molecule has 28 heavy (non-hydrogen) atoms. The van der Waals surface area contributed by atoms with Crippen LogP contribution in [0.25, 0.3) is 0 Å². The first-order valence-corrected chi connectivity index (χ1v) is 8.68. The van der Waals surface area contributed by atoms with Crippen LogP contribution >= 0.6 is 0 Å². The van der Waals surface area contributed by atoms with Crippen LogP contribution in [0.2, 0.25) is 0 Å². The van der Waals surface area contributed by atoms with Crippen LogP contribution in [0.1, 0.15) is 31.2 Å². The van der Waals surface area contributed by atoms with E-state index in [-0.39, 0.29) is 76.7 Å². The summed E-state index contributed by atoms with van der Waals surface area (Å²) >= 11 is 0. The van der Waals surface area contributed by atoms with E-state index in [0.717, 1.165) is 0 Å². The monoisotopic (exact) mass is 407 g/mol. The molecule has 2 rings (SSSR count). The summed E-state index contributed by atoms with van der Waals surface area (Å²) in [5.74, 6) is -2.87. The van der Waals surface area contributed by atoms with Crippen molar-refractivity contribution in [1.82, 2.24) is 0 Å². The topological polar surface area (TPSA) is 136 Å². The van der Waals surface area contributed by atoms with Crippen molar-refractivity contribution in [1.29, 1.82) is 0 Å². The molecule has 3 N–H and O–H groups in total. The van der Waals surface area contributed by atoms with Crippen molar-refractivity contribution in [3.8, 4) is 5.75 Å². The Morgan fingerprint density at radius 2 is 1.61 bits per heavy atom. The minimum Gasteiger partial charge on any atom is -0.545 e. The van der Waals surface area contributed by atoms with Gasteiger partial charge in [0.25, 0.3) is 0 Å². The average molecular weight is 407 g/mol. The summed E-state index contributed by atoms with van der Waals surface area (Å²) in [6, 6.07) is 6.69. The second-order valence-corrected chi connectivity index (χ2v) is 6.43. The molecular formula is C19H23NNa2O6. The molecular weight excluding hydrogens is 384 g/mol. The summed E-state index contributed by atoms with van der Waals surface area (Å²) in [5, 5.41) is 32.8. The number of carbonyl (C=O) groups excluding carboxylic acids is 2. The zero-order valence-electron chi connectivity index (χ0n) is 16.5. The molecule has 0 unspecified atom stereocenters. The summed E-state index contributed by atoms with van der Waals surface area (Å²) < 4.78 is 5.36. The van der Waals surface area contributed by atoms with Gasteiger partial charge in [-0.15, -0.1) is 0 Å². The van der Waals surface area contributed by atoms with E-state index in [9.17, 15) is 24.9 Å². The van der Waals surface area contributed by atoms with Gasteiger partial charge in [-0.05, 0) is 66.9 Å². The first-order valence-electron chi connectivity index (χ1n) is 8.68. The van der Waals surface area contributed by atoms with Crippen LogP contribution in [0.3, 0.4) is 0 Å². The van der Waals surface area contributed by atoms with E-state index in [1.807, 2.05) is 0 Å². The molecule has 0 heterocycles. The van der Waals surface area contributed by atoms with Crippen molar-refractivity contribution in [2.75, 3.05) is 13.2 Å². The maximum absolute atomic E-state index is 11.6. The molecule has 1 saturated carbocycles. The molecule has 0 atom stereocenters. The second kappa shape index (κ2) is 13.8. The first kappa shape index (κ1) is 27.6. The van der Waals surface area contributed by atoms with Gasteiger partial charge in [-0.1, -0.05) is 12.1 Å². The number of aliphatic hydroxyl groups excluding tert-OH is 1. The molecule has 1 aromatic carbocycles. The fourth-order valence-corrected chi connectivity index (χ4v) is 3.26. The SMILES string of the molecule is NCCOc1ccc(C/C(C(=O)[O-])=C(/C(=O)[O-])C2CCC(O)CC2)cc1.[Na+].[Na+]. The zero-order valence-corrected chi connectivity index (χ0v) is 20.5. The number of hydrogen-bond acceptors (Lipinski definition) is 7. The van der Waals surface area contributed by atoms with Gasteiger partial charge in [0.1, 0.15) is 12.4 Å². The van der Waals surface area contributed by atoms with Gasteiger partial charge in [-0.3, -0.25) is 0 Å². The van der Waals surface area contributed by atoms with Crippen LogP contribution in [0.4, 0.5) is 0 Å². The Balaban J connectivity index is 0.00000364. The number of hydrogen-bond donors (Lipinski definition) is 2. The normalized spacial score (nSPS) is 19.5. The van der Waals surface area contributed by atoms with Gasteiger partial charge in [0.05, 0.1) is 18.0 Å². The van der Waals surface area contributed by atoms with Crippen LogP contribution in [-0.2, 0) is 16.0 Å². The van der Waals surface area contributed by atoms with Crippen LogP contribution in [-0.4, -0.2) is 36.3 Å². The van der Waals surface area contributed by atoms with Crippen molar-refractivity contribution in [2.45, 2.75) is 38.2 Å². The van der Waals surface area contributed by atoms with Crippen molar-refractivity contribution in [2.24, 2.45) is 11.7 Å². The molecule has 1 aliphatic rings. The van der Waals surface area contributed by atoms with Crippen LogP contribution in [0.5, 0.6) is 5.75 Å². The van der Waals surface area contributed by atoms with E-state index in [2.05, 4.69) is 0 Å². The summed E-state index contributed by atoms with van der Waals surface area (Å²) in [7, 11) is 0. The molecule has 0 aromatic heterocycles. The molecule has 9 heteroatoms. The van der Waals surface area contributed by atoms with Gasteiger partial charge in [0.15, 0.2) is 0 Å². The van der Waals surface area contributed by atoms with Crippen LogP contribution < -0.4 is 79.8 Å². The second-order valence-electron chi connectivity index (χ2n) is 6.43. The number of rotatable bonds is 8. The number of ether oxygens (including phenoxy) is 1. The maximum Gasteiger partial charge on any atom is 1.00 e. The standard InChI is InChI=1S/C19H25NO6.2Na/c20-9-10-26-15-7-1-12(2-8-15)11-16(18(22)23)17(19(24)25)13-3-5-14(21)6-4-13;;/h1-2,7-8,13-14,21H,3-6,9-11,20H2,(H,22,23)(H,24,25);;/q;2*+1/p-2/b17-16-;;. The molecule has 0 spiro atoms. The molecule has 7 nitrogen and oxygen atoms in total. The molecule has 0 radical (unpaired) electrons. The fourth-order valence-electron chi connectivity index (χ4n) is 3.26. The molecule has 142 valence electrons. The van der Waals surface area contributed by atoms with E-state index < -0.39 is 24.0 Å². The Morgan fingerprint density at radius 1 is 1.04 bits per heavy atom. The molecule has 1 aromatic rings. The summed E-state index contributed by atoms with van der Waals surface area (Å²) in [5.41, 5.74) is 5.49. The Kier molecular flexibility index (Phi) is 13.6. The number of carboxylic acid groups (broad SMARTS) is 2. The average Bonchev–Trinajstić information content (AvgIpc) is 2.61. The van der Waals surface area contributed by atoms with Gasteiger partial charge >= 0.3 is 59.1 Å². The zero-order chi connectivity index (χ0) is 19.1. The Bertz CT molecular complexity index is 670. The van der Waals surface area contributed by atoms with E-state index >= 15 is 0 Å². The van der Waals surface area contributed by atoms with Crippen molar-refractivity contribution >= 4 is 11.9 Å². The predicted octanol–water partition coefficient (Wildman–Crippen LogP) is -7.08. The number of carbonyl (C=O) groups is 2. The molecule has 0 saturated heterocycles. The number of nitrogens with two attached hydrogens (primary N) is 1. The smallest absolute Gasteiger partial charge is 0.545 e. The quantitative estimate of drug-likeness (QED) is 0.323. The van der Waals surface area contributed by atoms with Gasteiger partial charge in [0.2, 0.25) is 0 Å². The largest absolute Gasteiger partial charge is 1.00 e. The Hall–Kier alpha value is -0.380. The van der Waals surface area contributed by atoms with Gasteiger partial charge in [-0.25, -0.2) is 0 Å². The number of aliphatic carboxylic acids is 2. The molecule has 1 fully saturated rings. The summed E-state index contributed by atoms with van der Waals surface area (Å²) in [4.78, 5) is 23.3. The van der Waals surface area contributed by atoms with Gasteiger partial charge < -0.3 is 35.4 Å². The van der Waals surface area contributed by atoms with E-state index in [1.165, 1.54) is 0 Å². The van der Waals surface area contributed by atoms with E-state index in [0.29, 0.717) is 50.1 Å². The first-order chi connectivity index (χ1) is 12.4. The fraction of sp³-hybridized carbons (Fsp3) is 0.474. The van der Waals surface area contributed by atoms with E-state index in [1.54, 1.807) is 24.3 Å². The summed E-state index contributed by atoms with van der Waals surface area (Å²) in [6.45, 7) is 0.746. The third kappa shape index (κ3) is 8.16. The van der Waals surface area contributed by atoms with Gasteiger partial charge in [-0.2, -0.15) is 0 Å². The number of carboxylic acids is 2. The Morgan fingerprint density at radius 3 is 2.07 bits per heavy atom.